The summed E-state index contributed by atoms with van der Waals surface area (Å²) in [6, 6.07) is -0.505. The topological polar surface area (TPSA) is 208 Å². The van der Waals surface area contributed by atoms with E-state index in [-0.39, 0.29) is 12.3 Å². The molecule has 7 N–H and O–H groups in total. The molecule has 0 radical (unpaired) electrons. The molecule has 14 heteroatoms. The number of carbonyl (C=O) groups is 4. The third-order valence-corrected chi connectivity index (χ3v) is 9.00. The van der Waals surface area contributed by atoms with Gasteiger partial charge in [0.25, 0.3) is 0 Å². The minimum absolute atomic E-state index is 0.0732. The first-order chi connectivity index (χ1) is 30.5. The van der Waals surface area contributed by atoms with Crippen LogP contribution in [0.4, 0.5) is 0 Å². The summed E-state index contributed by atoms with van der Waals surface area (Å²) in [6.45, 7) is 28.7. The number of primary amides is 1. The molecule has 0 heterocycles. The SMILES string of the molecule is C=C(O)CCCCCCCCCCCCCC[C@@H](CCC(=O)NCCOCCOCCCOCCOCC(=C)NCCCCC(C=O)NO)C(=C)C.CC.CC=O.CCC.NC=O. The number of nitrogens with two attached hydrogens (primary N) is 1. The fourth-order valence-electron chi connectivity index (χ4n) is 5.75. The number of hydrogen-bond acceptors (Lipinski definition) is 12. The zero-order chi connectivity index (χ0) is 48.5. The van der Waals surface area contributed by atoms with E-state index in [9.17, 15) is 9.59 Å². The molecule has 0 fully saturated rings. The van der Waals surface area contributed by atoms with Crippen LogP contribution in [0.5, 0.6) is 0 Å². The van der Waals surface area contributed by atoms with Crippen molar-refractivity contribution in [2.24, 2.45) is 11.7 Å². The Bertz CT molecular complexity index is 997. The maximum absolute atomic E-state index is 12.3. The second-order valence-electron chi connectivity index (χ2n) is 15.0. The van der Waals surface area contributed by atoms with Crippen LogP contribution >= 0.6 is 0 Å². The molecule has 0 spiro atoms. The Balaban J connectivity index is -0.000000919. The van der Waals surface area contributed by atoms with Gasteiger partial charge in [-0.3, -0.25) is 9.59 Å². The van der Waals surface area contributed by atoms with Gasteiger partial charge in [0, 0.05) is 44.8 Å². The van der Waals surface area contributed by atoms with Crippen LogP contribution in [0.15, 0.2) is 36.8 Å². The fraction of sp³-hybridized carbons (Fsp3) is 0.796. The van der Waals surface area contributed by atoms with Crippen LogP contribution in [0.25, 0.3) is 0 Å². The number of carbonyl (C=O) groups excluding carboxylic acids is 4. The van der Waals surface area contributed by atoms with Gasteiger partial charge in [0.15, 0.2) is 0 Å². The third-order valence-electron chi connectivity index (χ3n) is 9.00. The fourth-order valence-corrected chi connectivity index (χ4v) is 5.75. The summed E-state index contributed by atoms with van der Waals surface area (Å²) < 4.78 is 22.3. The molecule has 0 aliphatic heterocycles. The summed E-state index contributed by atoms with van der Waals surface area (Å²) in [6.07, 6.45) is 24.5. The normalized spacial score (nSPS) is 11.0. The van der Waals surface area contributed by atoms with Crippen LogP contribution in [-0.4, -0.2) is 107 Å². The van der Waals surface area contributed by atoms with Gasteiger partial charge in [-0.2, -0.15) is 5.48 Å². The number of hydroxylamine groups is 1. The number of aliphatic hydroxyl groups is 1. The molecule has 0 rings (SSSR count). The molecule has 0 aromatic heterocycles. The Kier molecular flexibility index (Phi) is 69.1. The average Bonchev–Trinajstić information content (AvgIpc) is 3.26. The van der Waals surface area contributed by atoms with Crippen LogP contribution in [0.1, 0.15) is 176 Å². The molecule has 2 atom stereocenters. The summed E-state index contributed by atoms with van der Waals surface area (Å²) in [5.41, 5.74) is 8.12. The number of aliphatic hydroxyl groups excluding tert-OH is 1. The molecule has 374 valence electrons. The van der Waals surface area contributed by atoms with Crippen molar-refractivity contribution in [1.29, 1.82) is 0 Å². The van der Waals surface area contributed by atoms with E-state index in [1.165, 1.54) is 89.5 Å². The van der Waals surface area contributed by atoms with Crippen molar-refractivity contribution in [3.8, 4) is 0 Å². The molecular formula is C49H98N4O10. The zero-order valence-corrected chi connectivity index (χ0v) is 41.2. The molecule has 0 saturated carbocycles. The van der Waals surface area contributed by atoms with Gasteiger partial charge in [-0.15, -0.1) is 0 Å². The van der Waals surface area contributed by atoms with E-state index in [2.05, 4.69) is 56.9 Å². The van der Waals surface area contributed by atoms with Crippen LogP contribution in [0.2, 0.25) is 0 Å². The largest absolute Gasteiger partial charge is 0.513 e. The zero-order valence-electron chi connectivity index (χ0n) is 41.2. The maximum atomic E-state index is 12.3. The first kappa shape index (κ1) is 68.9. The lowest BCUT2D eigenvalue weighted by Gasteiger charge is -2.17. The van der Waals surface area contributed by atoms with Gasteiger partial charge in [0.1, 0.15) is 12.6 Å². The van der Waals surface area contributed by atoms with Crippen molar-refractivity contribution in [2.45, 2.75) is 182 Å². The molecule has 0 aromatic rings. The van der Waals surface area contributed by atoms with Gasteiger partial charge in [-0.1, -0.05) is 130 Å². The number of unbranched alkanes of at least 4 members (excludes halogenated alkanes) is 12. The Morgan fingerprint density at radius 1 is 0.635 bits per heavy atom. The molecule has 63 heavy (non-hydrogen) atoms. The quantitative estimate of drug-likeness (QED) is 0.0111. The summed E-state index contributed by atoms with van der Waals surface area (Å²) in [4.78, 5) is 40.4. The highest BCUT2D eigenvalue weighted by Gasteiger charge is 2.12. The first-order valence-corrected chi connectivity index (χ1v) is 24.0. The summed E-state index contributed by atoms with van der Waals surface area (Å²) >= 11 is 0. The first-order valence-electron chi connectivity index (χ1n) is 24.0. The van der Waals surface area contributed by atoms with Gasteiger partial charge in [-0.05, 0) is 64.7 Å². The third kappa shape index (κ3) is 68.1. The second-order valence-corrected chi connectivity index (χ2v) is 15.0. The van der Waals surface area contributed by atoms with Crippen LogP contribution in [0.3, 0.4) is 0 Å². The molecule has 0 bridgehead atoms. The number of ether oxygens (including phenoxy) is 4. The highest BCUT2D eigenvalue weighted by molar-refractivity contribution is 5.75. The van der Waals surface area contributed by atoms with Crippen molar-refractivity contribution in [1.82, 2.24) is 16.1 Å². The summed E-state index contributed by atoms with van der Waals surface area (Å²) in [5.74, 6) is 0.795. The predicted octanol–water partition coefficient (Wildman–Crippen LogP) is 9.63. The Morgan fingerprint density at radius 3 is 1.54 bits per heavy atom. The van der Waals surface area contributed by atoms with E-state index in [1.54, 1.807) is 0 Å². The Labute approximate surface area is 385 Å². The van der Waals surface area contributed by atoms with Crippen LogP contribution in [0, 0.1) is 5.92 Å². The lowest BCUT2D eigenvalue weighted by atomic mass is 9.90. The smallest absolute Gasteiger partial charge is 0.220 e. The van der Waals surface area contributed by atoms with Crippen molar-refractivity contribution in [2.75, 3.05) is 65.9 Å². The van der Waals surface area contributed by atoms with Gasteiger partial charge in [-0.25, -0.2) is 0 Å². The van der Waals surface area contributed by atoms with E-state index in [4.69, 9.17) is 38.9 Å². The molecule has 2 amide bonds. The Morgan fingerprint density at radius 2 is 1.08 bits per heavy atom. The minimum Gasteiger partial charge on any atom is -0.513 e. The number of allylic oxidation sites excluding steroid dienone is 2. The molecule has 0 aliphatic carbocycles. The van der Waals surface area contributed by atoms with E-state index in [0.717, 1.165) is 63.5 Å². The van der Waals surface area contributed by atoms with Gasteiger partial charge in [0.2, 0.25) is 12.3 Å². The van der Waals surface area contributed by atoms with Crippen molar-refractivity contribution < 1.29 is 48.4 Å². The number of hydrogen-bond donors (Lipinski definition) is 6. The van der Waals surface area contributed by atoms with Crippen molar-refractivity contribution in [3.05, 3.63) is 36.8 Å². The van der Waals surface area contributed by atoms with E-state index in [0.29, 0.717) is 90.2 Å². The van der Waals surface area contributed by atoms with E-state index < -0.39 is 6.04 Å². The highest BCUT2D eigenvalue weighted by atomic mass is 16.5. The number of amides is 2. The summed E-state index contributed by atoms with van der Waals surface area (Å²) in [5, 5.41) is 24.0. The van der Waals surface area contributed by atoms with Crippen molar-refractivity contribution in [3.63, 3.8) is 0 Å². The van der Waals surface area contributed by atoms with E-state index >= 15 is 0 Å². The molecule has 1 unspecified atom stereocenters. The molecule has 0 aromatic carbocycles. The van der Waals surface area contributed by atoms with Crippen molar-refractivity contribution >= 4 is 24.9 Å². The Hall–Kier alpha value is -3.14. The molecule has 0 saturated heterocycles. The van der Waals surface area contributed by atoms with Gasteiger partial charge >= 0.3 is 0 Å². The number of rotatable bonds is 42. The van der Waals surface area contributed by atoms with Gasteiger partial charge in [0.05, 0.1) is 51.4 Å². The minimum atomic E-state index is -0.505. The standard InChI is InChI=1S/C41H77N3O8.C3H8.C2H4O.C2H6.CH3NO/c1-36(2)39(21-16-14-12-10-8-6-5-7-9-11-13-15-20-38(4)46)23-24-41(47)43-26-29-51-31-30-49-27-19-28-50-32-33-52-35-37(3)42-25-18-17-22-40(34-45)44-48;1-3-2;1-2-3;1-2;2-1-3/h34,39-40,42,44,46,48H,1,3-33,35H2,2H3,(H,43,47);3H2,1-2H3;2H,1H3;1-2H3;1H,(H2,2,3)/t39-,40?;;;;/m0..../s1. The van der Waals surface area contributed by atoms with Crippen LogP contribution < -0.4 is 21.8 Å². The average molecular weight is 903 g/mol. The van der Waals surface area contributed by atoms with Crippen LogP contribution in [-0.2, 0) is 38.1 Å². The van der Waals surface area contributed by atoms with Gasteiger partial charge < -0.3 is 55.2 Å². The summed E-state index contributed by atoms with van der Waals surface area (Å²) in [7, 11) is 0. The monoisotopic (exact) mass is 903 g/mol. The highest BCUT2D eigenvalue weighted by Crippen LogP contribution is 2.23. The number of nitrogens with one attached hydrogen (secondary N) is 3. The predicted molar refractivity (Wildman–Crippen MR) is 260 cm³/mol. The number of aldehydes is 2. The molecule has 14 nitrogen and oxygen atoms in total. The lowest BCUT2D eigenvalue weighted by Crippen LogP contribution is -2.28. The lowest BCUT2D eigenvalue weighted by molar-refractivity contribution is -0.121. The second kappa shape index (κ2) is 63.2. The molecular weight excluding hydrogens is 805 g/mol. The molecule has 0 aliphatic rings. The van der Waals surface area contributed by atoms with E-state index in [1.807, 2.05) is 19.3 Å². The maximum Gasteiger partial charge on any atom is 0.220 e.